The van der Waals surface area contributed by atoms with Crippen molar-refractivity contribution in [2.75, 3.05) is 6.54 Å². The Labute approximate surface area is 121 Å². The average Bonchev–Trinajstić information content (AvgIpc) is 2.40. The predicted octanol–water partition coefficient (Wildman–Crippen LogP) is 2.20. The number of rotatable bonds is 8. The summed E-state index contributed by atoms with van der Waals surface area (Å²) in [5.41, 5.74) is 6.83. The first kappa shape index (κ1) is 16.5. The maximum absolute atomic E-state index is 11.8. The topological polar surface area (TPSA) is 75.4 Å². The fourth-order valence-electron chi connectivity index (χ4n) is 2.00. The highest BCUT2D eigenvalue weighted by Crippen LogP contribution is 2.11. The van der Waals surface area contributed by atoms with Crippen molar-refractivity contribution in [1.82, 2.24) is 5.32 Å². The molecule has 0 fully saturated rings. The molecule has 0 aliphatic carbocycles. The molecule has 1 atom stereocenters. The molecule has 20 heavy (non-hydrogen) atoms. The van der Waals surface area contributed by atoms with Crippen molar-refractivity contribution in [2.45, 2.75) is 45.6 Å². The first-order valence-electron chi connectivity index (χ1n) is 7.30. The lowest BCUT2D eigenvalue weighted by Gasteiger charge is -2.12. The maximum Gasteiger partial charge on any atom is 0.237 e. The van der Waals surface area contributed by atoms with E-state index in [0.29, 0.717) is 18.9 Å². The molecular weight excluding hydrogens is 252 g/mol. The molecule has 1 unspecified atom stereocenters. The van der Waals surface area contributed by atoms with Crippen LogP contribution in [0.1, 0.15) is 38.7 Å². The Kier molecular flexibility index (Phi) is 7.09. The Morgan fingerprint density at radius 3 is 2.50 bits per heavy atom. The number of carbonyl (C=O) groups excluding carboxylic acids is 1. The van der Waals surface area contributed by atoms with Crippen LogP contribution in [0.3, 0.4) is 0 Å². The zero-order valence-electron chi connectivity index (χ0n) is 12.4. The van der Waals surface area contributed by atoms with Gasteiger partial charge in [0.05, 0.1) is 6.04 Å². The number of unbranched alkanes of at least 4 members (excludes halogenated alkanes) is 1. The van der Waals surface area contributed by atoms with Gasteiger partial charge in [-0.15, -0.1) is 0 Å². The molecule has 0 spiro atoms. The molecule has 0 saturated heterocycles. The summed E-state index contributed by atoms with van der Waals surface area (Å²) in [5.74, 6) is 0.821. The minimum Gasteiger partial charge on any atom is -0.508 e. The zero-order chi connectivity index (χ0) is 15.0. The van der Waals surface area contributed by atoms with Crippen molar-refractivity contribution in [1.29, 1.82) is 0 Å². The maximum atomic E-state index is 11.8. The number of carbonyl (C=O) groups is 1. The highest BCUT2D eigenvalue weighted by Gasteiger charge is 2.13. The van der Waals surface area contributed by atoms with Gasteiger partial charge in [-0.2, -0.15) is 0 Å². The van der Waals surface area contributed by atoms with E-state index in [2.05, 4.69) is 19.2 Å². The third-order valence-corrected chi connectivity index (χ3v) is 3.24. The monoisotopic (exact) mass is 278 g/mol. The number of hydrogen-bond donors (Lipinski definition) is 3. The van der Waals surface area contributed by atoms with Crippen LogP contribution < -0.4 is 11.1 Å². The Hall–Kier alpha value is -1.55. The van der Waals surface area contributed by atoms with Crippen molar-refractivity contribution < 1.29 is 9.90 Å². The van der Waals surface area contributed by atoms with Crippen LogP contribution >= 0.6 is 0 Å². The second-order valence-corrected chi connectivity index (χ2v) is 5.66. The number of phenols is 1. The Morgan fingerprint density at radius 2 is 1.90 bits per heavy atom. The molecule has 0 aliphatic heterocycles. The van der Waals surface area contributed by atoms with Crippen LogP contribution in [0.4, 0.5) is 0 Å². The summed E-state index contributed by atoms with van der Waals surface area (Å²) in [6, 6.07) is 6.23. The molecule has 0 heterocycles. The summed E-state index contributed by atoms with van der Waals surface area (Å²) < 4.78 is 0. The number of phenolic OH excluding ortho intramolecular Hbond substituents is 1. The molecule has 4 N–H and O–H groups in total. The van der Waals surface area contributed by atoms with Crippen LogP contribution in [0, 0.1) is 5.92 Å². The van der Waals surface area contributed by atoms with E-state index in [4.69, 9.17) is 5.73 Å². The molecule has 0 aromatic heterocycles. The van der Waals surface area contributed by atoms with Gasteiger partial charge in [0.25, 0.3) is 0 Å². The predicted molar refractivity (Wildman–Crippen MR) is 81.5 cm³/mol. The van der Waals surface area contributed by atoms with Gasteiger partial charge in [-0.3, -0.25) is 4.79 Å². The largest absolute Gasteiger partial charge is 0.508 e. The smallest absolute Gasteiger partial charge is 0.237 e. The van der Waals surface area contributed by atoms with E-state index >= 15 is 0 Å². The lowest BCUT2D eigenvalue weighted by Crippen LogP contribution is -2.42. The molecule has 0 bridgehead atoms. The fraction of sp³-hybridized carbons (Fsp3) is 0.562. The van der Waals surface area contributed by atoms with E-state index in [1.54, 1.807) is 24.3 Å². The second kappa shape index (κ2) is 8.59. The summed E-state index contributed by atoms with van der Waals surface area (Å²) >= 11 is 0. The fourth-order valence-corrected chi connectivity index (χ4v) is 2.00. The minimum absolute atomic E-state index is 0.109. The van der Waals surface area contributed by atoms with Gasteiger partial charge in [-0.05, 0) is 36.5 Å². The van der Waals surface area contributed by atoms with Crippen LogP contribution in [0.25, 0.3) is 0 Å². The number of nitrogens with two attached hydrogens (primary N) is 1. The van der Waals surface area contributed by atoms with E-state index < -0.39 is 6.04 Å². The van der Waals surface area contributed by atoms with Crippen LogP contribution in [-0.2, 0) is 11.2 Å². The molecule has 1 aromatic carbocycles. The summed E-state index contributed by atoms with van der Waals surface area (Å²) in [5, 5.41) is 12.1. The Balaban J connectivity index is 2.23. The highest BCUT2D eigenvalue weighted by molar-refractivity contribution is 5.81. The molecule has 4 heteroatoms. The molecule has 0 aliphatic rings. The molecule has 4 nitrogen and oxygen atoms in total. The summed E-state index contributed by atoms with van der Waals surface area (Å²) in [4.78, 5) is 11.8. The van der Waals surface area contributed by atoms with E-state index in [9.17, 15) is 9.90 Å². The Bertz CT molecular complexity index is 401. The van der Waals surface area contributed by atoms with Crippen LogP contribution in [0.5, 0.6) is 5.75 Å². The van der Waals surface area contributed by atoms with Gasteiger partial charge in [-0.1, -0.05) is 38.8 Å². The molecule has 0 saturated carbocycles. The third-order valence-electron chi connectivity index (χ3n) is 3.24. The molecule has 112 valence electrons. The first-order valence-corrected chi connectivity index (χ1v) is 7.30. The third kappa shape index (κ3) is 6.57. The van der Waals surface area contributed by atoms with Gasteiger partial charge in [0.1, 0.15) is 5.75 Å². The van der Waals surface area contributed by atoms with E-state index in [1.807, 2.05) is 0 Å². The summed E-state index contributed by atoms with van der Waals surface area (Å²) in [7, 11) is 0. The van der Waals surface area contributed by atoms with E-state index in [1.165, 1.54) is 6.42 Å². The minimum atomic E-state index is -0.537. The Morgan fingerprint density at radius 1 is 1.25 bits per heavy atom. The molecule has 0 radical (unpaired) electrons. The van der Waals surface area contributed by atoms with Crippen molar-refractivity contribution >= 4 is 5.91 Å². The van der Waals surface area contributed by atoms with Gasteiger partial charge in [0, 0.05) is 6.54 Å². The molecular formula is C16H26N2O2. The summed E-state index contributed by atoms with van der Waals surface area (Å²) in [6.07, 6.45) is 3.80. The lowest BCUT2D eigenvalue weighted by atomic mass is 10.1. The summed E-state index contributed by atoms with van der Waals surface area (Å²) in [6.45, 7) is 5.09. The number of benzene rings is 1. The van der Waals surface area contributed by atoms with E-state index in [-0.39, 0.29) is 11.7 Å². The number of amides is 1. The van der Waals surface area contributed by atoms with Crippen molar-refractivity contribution in [2.24, 2.45) is 11.7 Å². The number of aromatic hydroxyl groups is 1. The number of nitrogens with one attached hydrogen (secondary N) is 1. The van der Waals surface area contributed by atoms with Crippen molar-refractivity contribution in [3.05, 3.63) is 29.8 Å². The molecule has 1 rings (SSSR count). The van der Waals surface area contributed by atoms with Gasteiger partial charge < -0.3 is 16.2 Å². The highest BCUT2D eigenvalue weighted by atomic mass is 16.3. The van der Waals surface area contributed by atoms with Crippen LogP contribution in [0.15, 0.2) is 24.3 Å². The van der Waals surface area contributed by atoms with Gasteiger partial charge in [0.15, 0.2) is 0 Å². The average molecular weight is 278 g/mol. The van der Waals surface area contributed by atoms with Gasteiger partial charge >= 0.3 is 0 Å². The van der Waals surface area contributed by atoms with E-state index in [0.717, 1.165) is 18.4 Å². The SMILES string of the molecule is CC(C)CCCCNC(=O)C(N)Cc1ccc(O)cc1. The van der Waals surface area contributed by atoms with Gasteiger partial charge in [0.2, 0.25) is 5.91 Å². The number of hydrogen-bond acceptors (Lipinski definition) is 3. The van der Waals surface area contributed by atoms with Crippen LogP contribution in [-0.4, -0.2) is 23.6 Å². The normalized spacial score (nSPS) is 12.4. The second-order valence-electron chi connectivity index (χ2n) is 5.66. The lowest BCUT2D eigenvalue weighted by molar-refractivity contribution is -0.122. The zero-order valence-corrected chi connectivity index (χ0v) is 12.4. The standard InChI is InChI=1S/C16H26N2O2/c1-12(2)5-3-4-10-18-16(20)15(17)11-13-6-8-14(19)9-7-13/h6-9,12,15,19H,3-5,10-11,17H2,1-2H3,(H,18,20). The molecule has 1 aromatic rings. The van der Waals surface area contributed by atoms with Crippen molar-refractivity contribution in [3.8, 4) is 5.75 Å². The first-order chi connectivity index (χ1) is 9.49. The quantitative estimate of drug-likeness (QED) is 0.638. The molecule has 1 amide bonds. The van der Waals surface area contributed by atoms with Gasteiger partial charge in [-0.25, -0.2) is 0 Å². The van der Waals surface area contributed by atoms with Crippen LogP contribution in [0.2, 0.25) is 0 Å². The van der Waals surface area contributed by atoms with Crippen molar-refractivity contribution in [3.63, 3.8) is 0 Å².